The molecule has 4 atom stereocenters. The molecule has 0 spiro atoms. The second-order valence-electron chi connectivity index (χ2n) is 10.0. The summed E-state index contributed by atoms with van der Waals surface area (Å²) in [6.07, 6.45) is 5.97. The Bertz CT molecular complexity index is 884. The summed E-state index contributed by atoms with van der Waals surface area (Å²) in [4.78, 5) is 2.32. The Morgan fingerprint density at radius 2 is 1.56 bits per heavy atom. The summed E-state index contributed by atoms with van der Waals surface area (Å²) in [5.41, 5.74) is -0.266. The van der Waals surface area contributed by atoms with Gasteiger partial charge >= 0.3 is 0 Å². The van der Waals surface area contributed by atoms with E-state index >= 15 is 0 Å². The summed E-state index contributed by atoms with van der Waals surface area (Å²) in [7, 11) is 0. The van der Waals surface area contributed by atoms with Crippen molar-refractivity contribution in [3.63, 3.8) is 0 Å². The van der Waals surface area contributed by atoms with E-state index < -0.39 is 11.9 Å². The molecule has 0 aromatic heterocycles. The topological polar surface area (TPSA) is 51.2 Å². The highest BCUT2D eigenvalue weighted by atomic mass is 35.5. The van der Waals surface area contributed by atoms with Crippen molar-refractivity contribution in [2.75, 3.05) is 26.5 Å². The number of piperidine rings is 3. The van der Waals surface area contributed by atoms with Gasteiger partial charge in [-0.05, 0) is 68.3 Å². The number of fused-ring (bicyclic) bond motifs is 3. The summed E-state index contributed by atoms with van der Waals surface area (Å²) in [5, 5.41) is 12.0. The lowest BCUT2D eigenvalue weighted by atomic mass is 9.78. The Kier molecular flexibility index (Phi) is 7.77. The zero-order valence-corrected chi connectivity index (χ0v) is 20.5. The number of rotatable bonds is 10. The molecule has 1 N–H and O–H groups in total. The van der Waals surface area contributed by atoms with Crippen LogP contribution in [-0.4, -0.2) is 48.3 Å². The molecular weight excluding hydrogens is 450 g/mol. The fourth-order valence-corrected chi connectivity index (χ4v) is 6.62. The van der Waals surface area contributed by atoms with Crippen LogP contribution in [0.15, 0.2) is 60.7 Å². The first kappa shape index (κ1) is 24.1. The third kappa shape index (κ3) is 5.14. The molecule has 6 heteroatoms. The minimum absolute atomic E-state index is 0.0344. The predicted molar refractivity (Wildman–Crippen MR) is 132 cm³/mol. The average molecular weight is 486 g/mol. The van der Waals surface area contributed by atoms with Gasteiger partial charge in [0.15, 0.2) is 13.1 Å². The number of alkyl halides is 1. The van der Waals surface area contributed by atoms with Crippen molar-refractivity contribution in [1.29, 1.82) is 0 Å². The summed E-state index contributed by atoms with van der Waals surface area (Å²) < 4.78 is 18.6. The summed E-state index contributed by atoms with van der Waals surface area (Å²) in [6, 6.07) is 19.6. The molecule has 2 aromatic carbocycles. The van der Waals surface area contributed by atoms with Crippen molar-refractivity contribution in [3.05, 3.63) is 66.2 Å². The Morgan fingerprint density at radius 1 is 0.912 bits per heavy atom. The zero-order valence-electron chi connectivity index (χ0n) is 19.7. The lowest BCUT2D eigenvalue weighted by molar-refractivity contribution is -0.250. The molecule has 0 radical (unpaired) electrons. The van der Waals surface area contributed by atoms with E-state index in [1.165, 1.54) is 0 Å². The molecule has 0 amide bonds. The van der Waals surface area contributed by atoms with Crippen LogP contribution in [0.5, 0.6) is 5.75 Å². The van der Waals surface area contributed by atoms with Crippen LogP contribution in [0, 0.1) is 17.8 Å². The minimum atomic E-state index is -1.05. The number of nitrogens with zero attached hydrogens (tertiary/aromatic N) is 1. The number of hydrogen-bond donors (Lipinski definition) is 1. The Hall–Kier alpha value is -1.63. The molecule has 4 fully saturated rings. The van der Waals surface area contributed by atoms with Crippen LogP contribution in [0.3, 0.4) is 0 Å². The lowest BCUT2D eigenvalue weighted by Gasteiger charge is -2.50. The average Bonchev–Trinajstić information content (AvgIpc) is 3.44. The first-order valence-electron chi connectivity index (χ1n) is 12.7. The first-order valence-corrected chi connectivity index (χ1v) is 13.2. The number of ether oxygens (including phenoxy) is 3. The smallest absolute Gasteiger partial charge is 0.191 e. The zero-order chi connectivity index (χ0) is 23.4. The van der Waals surface area contributed by atoms with E-state index in [1.807, 2.05) is 60.7 Å². The van der Waals surface area contributed by atoms with Crippen molar-refractivity contribution >= 4 is 11.6 Å². The number of hydrogen-bond acceptors (Lipinski definition) is 5. The molecule has 3 aliphatic heterocycles. The monoisotopic (exact) mass is 485 g/mol. The van der Waals surface area contributed by atoms with Gasteiger partial charge in [0, 0.05) is 5.92 Å². The maximum absolute atomic E-state index is 12.0. The quantitative estimate of drug-likeness (QED) is 0.278. The number of para-hydroxylation sites is 1. The number of benzene rings is 2. The van der Waals surface area contributed by atoms with Crippen LogP contribution in [0.4, 0.5) is 0 Å². The molecule has 4 aliphatic rings. The predicted octanol–water partition coefficient (Wildman–Crippen LogP) is 5.37. The van der Waals surface area contributed by atoms with Gasteiger partial charge < -0.3 is 19.3 Å². The fourth-order valence-electron chi connectivity index (χ4n) is 6.10. The highest BCUT2D eigenvalue weighted by Crippen LogP contribution is 2.44. The molecule has 2 unspecified atom stereocenters. The van der Waals surface area contributed by atoms with Gasteiger partial charge in [0.2, 0.25) is 0 Å². The van der Waals surface area contributed by atoms with E-state index in [1.54, 1.807) is 0 Å². The van der Waals surface area contributed by atoms with Gasteiger partial charge in [0.05, 0.1) is 12.1 Å². The van der Waals surface area contributed by atoms with E-state index in [4.69, 9.17) is 25.8 Å². The maximum Gasteiger partial charge on any atom is 0.191 e. The van der Waals surface area contributed by atoms with Gasteiger partial charge in [-0.3, -0.25) is 4.90 Å². The van der Waals surface area contributed by atoms with Crippen LogP contribution < -0.4 is 4.74 Å². The first-order chi connectivity index (χ1) is 16.6. The van der Waals surface area contributed by atoms with Gasteiger partial charge in [-0.2, -0.15) is 0 Å². The van der Waals surface area contributed by atoms with Gasteiger partial charge in [0.25, 0.3) is 0 Å². The molecule has 184 valence electrons. The summed E-state index contributed by atoms with van der Waals surface area (Å²) in [6.45, 7) is 2.32. The van der Waals surface area contributed by atoms with E-state index in [-0.39, 0.29) is 30.7 Å². The normalized spacial score (nSPS) is 29.6. The Morgan fingerprint density at radius 3 is 2.21 bits per heavy atom. The third-order valence-electron chi connectivity index (χ3n) is 8.07. The van der Waals surface area contributed by atoms with Gasteiger partial charge in [-0.15, -0.1) is 11.6 Å². The van der Waals surface area contributed by atoms with Crippen LogP contribution >= 0.6 is 11.6 Å². The largest absolute Gasteiger partial charge is 0.467 e. The molecule has 3 heterocycles. The molecule has 2 aromatic rings. The SMILES string of the molecule is OC(COC(OCOc1ccccc1)[C@H]1C2CCN(CC2)[C@@H]1Cl)(c1ccccc1)C1CCCC1. The molecule has 5 nitrogen and oxygen atoms in total. The molecule has 3 saturated heterocycles. The molecule has 34 heavy (non-hydrogen) atoms. The van der Waals surface area contributed by atoms with Crippen molar-refractivity contribution in [1.82, 2.24) is 4.90 Å². The molecule has 6 rings (SSSR count). The summed E-state index contributed by atoms with van der Waals surface area (Å²) >= 11 is 6.93. The van der Waals surface area contributed by atoms with E-state index in [0.29, 0.717) is 5.92 Å². The molecule has 1 saturated carbocycles. The van der Waals surface area contributed by atoms with E-state index in [2.05, 4.69) is 4.90 Å². The van der Waals surface area contributed by atoms with Crippen LogP contribution in [0.1, 0.15) is 44.1 Å². The fraction of sp³-hybridized carbons (Fsp3) is 0.571. The highest BCUT2D eigenvalue weighted by Gasteiger charge is 2.48. The lowest BCUT2D eigenvalue weighted by Crippen LogP contribution is -2.57. The van der Waals surface area contributed by atoms with Crippen LogP contribution in [0.25, 0.3) is 0 Å². The number of aliphatic hydroxyl groups is 1. The molecular formula is C28H36ClNO4. The van der Waals surface area contributed by atoms with Gasteiger partial charge in [-0.1, -0.05) is 61.4 Å². The number of halogens is 1. The summed E-state index contributed by atoms with van der Waals surface area (Å²) in [5.74, 6) is 1.41. The van der Waals surface area contributed by atoms with Crippen molar-refractivity contribution in [2.24, 2.45) is 17.8 Å². The van der Waals surface area contributed by atoms with Crippen molar-refractivity contribution in [2.45, 2.75) is 55.9 Å². The maximum atomic E-state index is 12.0. The van der Waals surface area contributed by atoms with Crippen molar-refractivity contribution in [3.8, 4) is 5.75 Å². The van der Waals surface area contributed by atoms with Gasteiger partial charge in [-0.25, -0.2) is 0 Å². The Balaban J connectivity index is 1.33. The highest BCUT2D eigenvalue weighted by molar-refractivity contribution is 6.20. The molecule has 2 bridgehead atoms. The van der Waals surface area contributed by atoms with E-state index in [0.717, 1.165) is 62.9 Å². The second-order valence-corrected chi connectivity index (χ2v) is 10.5. The second kappa shape index (κ2) is 11.0. The van der Waals surface area contributed by atoms with Crippen molar-refractivity contribution < 1.29 is 19.3 Å². The molecule has 1 aliphatic carbocycles. The Labute approximate surface area is 208 Å². The third-order valence-corrected chi connectivity index (χ3v) is 8.64. The van der Waals surface area contributed by atoms with Gasteiger partial charge in [0.1, 0.15) is 11.4 Å². The van der Waals surface area contributed by atoms with Crippen LogP contribution in [-0.2, 0) is 15.1 Å². The standard InChI is InChI=1S/C28H36ClNO4/c29-26-25(21-15-17-30(26)18-16-21)27(34-20-33-24-13-5-2-6-14-24)32-19-28(31,23-11-7-8-12-23)22-9-3-1-4-10-22/h1-6,9-10,13-14,21,23,25-27,31H,7-8,11-12,15-20H2/t25-,26-,27?,28?/m0/s1. The minimum Gasteiger partial charge on any atom is -0.467 e. The van der Waals surface area contributed by atoms with Crippen LogP contribution in [0.2, 0.25) is 0 Å². The van der Waals surface area contributed by atoms with E-state index in [9.17, 15) is 5.11 Å².